The highest BCUT2D eigenvalue weighted by atomic mass is 32.2. The molecule has 7 heteroatoms. The molecule has 0 bridgehead atoms. The lowest BCUT2D eigenvalue weighted by Crippen LogP contribution is -2.13. The van der Waals surface area contributed by atoms with Crippen LogP contribution in [0.15, 0.2) is 76.6 Å². The SMILES string of the molecule is O=C(CSc1nnc(-c2ccc3ccccc3c2)o1)Nc1cccnc1. The quantitative estimate of drug-likeness (QED) is 0.540. The van der Waals surface area contributed by atoms with Gasteiger partial charge in [-0.2, -0.15) is 0 Å². The van der Waals surface area contributed by atoms with Gasteiger partial charge in [-0.3, -0.25) is 9.78 Å². The van der Waals surface area contributed by atoms with Gasteiger partial charge in [0.2, 0.25) is 11.8 Å². The van der Waals surface area contributed by atoms with Crippen molar-refractivity contribution in [3.8, 4) is 11.5 Å². The first-order valence-electron chi connectivity index (χ1n) is 7.93. The van der Waals surface area contributed by atoms with Crippen molar-refractivity contribution in [3.05, 3.63) is 67.0 Å². The number of fused-ring (bicyclic) bond motifs is 1. The van der Waals surface area contributed by atoms with Gasteiger partial charge in [-0.15, -0.1) is 10.2 Å². The normalized spacial score (nSPS) is 10.8. The van der Waals surface area contributed by atoms with Crippen LogP contribution in [0.25, 0.3) is 22.2 Å². The number of hydrogen-bond acceptors (Lipinski definition) is 6. The van der Waals surface area contributed by atoms with Crippen LogP contribution in [0.3, 0.4) is 0 Å². The number of hydrogen-bond donors (Lipinski definition) is 1. The molecule has 0 saturated heterocycles. The maximum atomic E-state index is 12.0. The third-order valence-electron chi connectivity index (χ3n) is 3.67. The van der Waals surface area contributed by atoms with E-state index in [9.17, 15) is 4.79 Å². The summed E-state index contributed by atoms with van der Waals surface area (Å²) < 4.78 is 5.67. The molecule has 0 radical (unpaired) electrons. The fourth-order valence-corrected chi connectivity index (χ4v) is 3.03. The number of rotatable bonds is 5. The summed E-state index contributed by atoms with van der Waals surface area (Å²) in [5.41, 5.74) is 1.50. The van der Waals surface area contributed by atoms with E-state index in [-0.39, 0.29) is 11.7 Å². The fraction of sp³-hybridized carbons (Fsp3) is 0.0526. The van der Waals surface area contributed by atoms with Crippen LogP contribution in [0.2, 0.25) is 0 Å². The second kappa shape index (κ2) is 7.37. The number of benzene rings is 2. The number of carbonyl (C=O) groups excluding carboxylic acids is 1. The first-order valence-corrected chi connectivity index (χ1v) is 8.92. The number of aromatic nitrogens is 3. The Balaban J connectivity index is 1.41. The van der Waals surface area contributed by atoms with Crippen LogP contribution in [-0.2, 0) is 4.79 Å². The molecule has 4 aromatic rings. The second-order valence-electron chi connectivity index (χ2n) is 5.51. The van der Waals surface area contributed by atoms with Gasteiger partial charge in [0.15, 0.2) is 0 Å². The average molecular weight is 362 g/mol. The summed E-state index contributed by atoms with van der Waals surface area (Å²) in [6.07, 6.45) is 3.24. The smallest absolute Gasteiger partial charge is 0.277 e. The summed E-state index contributed by atoms with van der Waals surface area (Å²) in [6, 6.07) is 17.6. The van der Waals surface area contributed by atoms with Gasteiger partial charge < -0.3 is 9.73 Å². The lowest BCUT2D eigenvalue weighted by molar-refractivity contribution is -0.113. The van der Waals surface area contributed by atoms with E-state index in [0.29, 0.717) is 16.8 Å². The molecule has 0 aliphatic carbocycles. The lowest BCUT2D eigenvalue weighted by Gasteiger charge is -2.02. The van der Waals surface area contributed by atoms with E-state index in [2.05, 4.69) is 26.6 Å². The van der Waals surface area contributed by atoms with Gasteiger partial charge in [0.25, 0.3) is 5.22 Å². The largest absolute Gasteiger partial charge is 0.411 e. The number of nitrogens with one attached hydrogen (secondary N) is 1. The van der Waals surface area contributed by atoms with Gasteiger partial charge >= 0.3 is 0 Å². The molecule has 0 unspecified atom stereocenters. The number of nitrogens with zero attached hydrogens (tertiary/aromatic N) is 3. The number of carbonyl (C=O) groups is 1. The van der Waals surface area contributed by atoms with Gasteiger partial charge in [-0.25, -0.2) is 0 Å². The van der Waals surface area contributed by atoms with E-state index >= 15 is 0 Å². The van der Waals surface area contributed by atoms with Crippen molar-refractivity contribution >= 4 is 34.1 Å². The van der Waals surface area contributed by atoms with Crippen LogP contribution in [0.1, 0.15) is 0 Å². The lowest BCUT2D eigenvalue weighted by atomic mass is 10.1. The third kappa shape index (κ3) is 3.73. The van der Waals surface area contributed by atoms with Crippen LogP contribution < -0.4 is 5.32 Å². The Kier molecular flexibility index (Phi) is 4.61. The van der Waals surface area contributed by atoms with Crippen molar-refractivity contribution in [1.29, 1.82) is 0 Å². The minimum atomic E-state index is -0.159. The molecule has 4 rings (SSSR count). The molecule has 2 aromatic carbocycles. The summed E-state index contributed by atoms with van der Waals surface area (Å²) in [5.74, 6) is 0.452. The zero-order valence-electron chi connectivity index (χ0n) is 13.6. The highest BCUT2D eigenvalue weighted by Crippen LogP contribution is 2.26. The molecule has 2 aromatic heterocycles. The van der Waals surface area contributed by atoms with Crippen molar-refractivity contribution in [2.24, 2.45) is 0 Å². The van der Waals surface area contributed by atoms with Crippen LogP contribution >= 0.6 is 11.8 Å². The first-order chi connectivity index (χ1) is 12.8. The van der Waals surface area contributed by atoms with Crippen molar-refractivity contribution in [1.82, 2.24) is 15.2 Å². The van der Waals surface area contributed by atoms with Crippen LogP contribution in [0, 0.1) is 0 Å². The van der Waals surface area contributed by atoms with Crippen LogP contribution in [0.5, 0.6) is 0 Å². The van der Waals surface area contributed by atoms with Crippen molar-refractivity contribution < 1.29 is 9.21 Å². The fourth-order valence-electron chi connectivity index (χ4n) is 2.47. The van der Waals surface area contributed by atoms with E-state index in [0.717, 1.165) is 16.3 Å². The topological polar surface area (TPSA) is 80.9 Å². The molecule has 0 aliphatic heterocycles. The standard InChI is InChI=1S/C19H14N4O2S/c24-17(21-16-6-3-9-20-11-16)12-26-19-23-22-18(25-19)15-8-7-13-4-1-2-5-14(13)10-15/h1-11H,12H2,(H,21,24). The highest BCUT2D eigenvalue weighted by molar-refractivity contribution is 7.99. The van der Waals surface area contributed by atoms with Crippen LogP contribution in [-0.4, -0.2) is 26.8 Å². The van der Waals surface area contributed by atoms with Crippen molar-refractivity contribution in [2.45, 2.75) is 5.22 Å². The first kappa shape index (κ1) is 16.3. The predicted octanol–water partition coefficient (Wildman–Crippen LogP) is 4.02. The molecule has 26 heavy (non-hydrogen) atoms. The van der Waals surface area contributed by atoms with E-state index in [1.54, 1.807) is 24.5 Å². The molecule has 2 heterocycles. The molecule has 6 nitrogen and oxygen atoms in total. The zero-order chi connectivity index (χ0) is 17.8. The molecule has 0 spiro atoms. The average Bonchev–Trinajstić information content (AvgIpc) is 3.16. The number of pyridine rings is 1. The Morgan fingerprint density at radius 3 is 2.77 bits per heavy atom. The number of thioether (sulfide) groups is 1. The van der Waals surface area contributed by atoms with Gasteiger partial charge in [0.1, 0.15) is 0 Å². The number of anilines is 1. The molecule has 0 atom stereocenters. The molecular weight excluding hydrogens is 348 g/mol. The minimum Gasteiger partial charge on any atom is -0.411 e. The molecule has 1 amide bonds. The Morgan fingerprint density at radius 1 is 1.04 bits per heavy atom. The minimum absolute atomic E-state index is 0.159. The monoisotopic (exact) mass is 362 g/mol. The van der Waals surface area contributed by atoms with E-state index in [1.807, 2.05) is 36.4 Å². The van der Waals surface area contributed by atoms with Crippen LogP contribution in [0.4, 0.5) is 5.69 Å². The Morgan fingerprint density at radius 2 is 1.92 bits per heavy atom. The van der Waals surface area contributed by atoms with E-state index in [4.69, 9.17) is 4.42 Å². The maximum Gasteiger partial charge on any atom is 0.277 e. The van der Waals surface area contributed by atoms with Crippen molar-refractivity contribution in [3.63, 3.8) is 0 Å². The summed E-state index contributed by atoms with van der Waals surface area (Å²) in [4.78, 5) is 15.9. The Hall–Kier alpha value is -3.19. The van der Waals surface area contributed by atoms with Gasteiger partial charge in [-0.05, 0) is 35.0 Å². The molecule has 0 aliphatic rings. The molecule has 1 N–H and O–H groups in total. The van der Waals surface area contributed by atoms with Crippen molar-refractivity contribution in [2.75, 3.05) is 11.1 Å². The highest BCUT2D eigenvalue weighted by Gasteiger charge is 2.12. The molecule has 0 fully saturated rings. The summed E-state index contributed by atoms with van der Waals surface area (Å²) in [7, 11) is 0. The van der Waals surface area contributed by atoms with E-state index in [1.165, 1.54) is 11.8 Å². The van der Waals surface area contributed by atoms with Gasteiger partial charge in [0, 0.05) is 11.8 Å². The Bertz CT molecular complexity index is 1050. The zero-order valence-corrected chi connectivity index (χ0v) is 14.4. The predicted molar refractivity (Wildman–Crippen MR) is 101 cm³/mol. The maximum absolute atomic E-state index is 12.0. The van der Waals surface area contributed by atoms with Gasteiger partial charge in [0.05, 0.1) is 17.6 Å². The molecule has 128 valence electrons. The second-order valence-corrected chi connectivity index (χ2v) is 6.44. The number of amides is 1. The third-order valence-corrected chi connectivity index (χ3v) is 4.49. The summed E-state index contributed by atoms with van der Waals surface area (Å²) in [6.45, 7) is 0. The molecular formula is C19H14N4O2S. The van der Waals surface area contributed by atoms with E-state index < -0.39 is 0 Å². The molecule has 0 saturated carbocycles. The Labute approximate surface area is 153 Å². The summed E-state index contributed by atoms with van der Waals surface area (Å²) in [5, 5.41) is 13.5. The summed E-state index contributed by atoms with van der Waals surface area (Å²) >= 11 is 1.19. The van der Waals surface area contributed by atoms with Gasteiger partial charge in [-0.1, -0.05) is 42.1 Å².